The number of ether oxygens (including phenoxy) is 1. The molecule has 2 heterocycles. The van der Waals surface area contributed by atoms with E-state index >= 15 is 0 Å². The Labute approximate surface area is 184 Å². The molecule has 1 N–H and O–H groups in total. The van der Waals surface area contributed by atoms with Crippen LogP contribution < -0.4 is 5.32 Å². The monoisotopic (exact) mass is 409 g/mol. The summed E-state index contributed by atoms with van der Waals surface area (Å²) in [5.74, 6) is 4.40. The van der Waals surface area contributed by atoms with Gasteiger partial charge in [0.15, 0.2) is 0 Å². The van der Waals surface area contributed by atoms with Crippen LogP contribution in [0.4, 0.5) is 0 Å². The molecular formula is C28H43NO. The number of hydrogen-bond acceptors (Lipinski definition) is 2. The highest BCUT2D eigenvalue weighted by molar-refractivity contribution is 5.29. The minimum Gasteiger partial charge on any atom is -0.370 e. The van der Waals surface area contributed by atoms with Crippen LogP contribution in [0.3, 0.4) is 0 Å². The zero-order chi connectivity index (χ0) is 20.7. The topological polar surface area (TPSA) is 21.3 Å². The summed E-state index contributed by atoms with van der Waals surface area (Å²) in [7, 11) is 0. The van der Waals surface area contributed by atoms with Crippen LogP contribution in [0.1, 0.15) is 91.4 Å². The summed E-state index contributed by atoms with van der Waals surface area (Å²) in [5, 5.41) is 3.82. The first-order chi connectivity index (χ1) is 14.4. The van der Waals surface area contributed by atoms with Gasteiger partial charge in [-0.05, 0) is 119 Å². The van der Waals surface area contributed by atoms with Gasteiger partial charge in [-0.3, -0.25) is 0 Å². The maximum Gasteiger partial charge on any atom is 0.0740 e. The summed E-state index contributed by atoms with van der Waals surface area (Å²) in [6.45, 7) is 13.1. The van der Waals surface area contributed by atoms with Gasteiger partial charge in [-0.1, -0.05) is 37.1 Å². The molecule has 6 aliphatic rings. The molecule has 3 saturated carbocycles. The third-order valence-electron chi connectivity index (χ3n) is 11.0. The lowest BCUT2D eigenvalue weighted by atomic mass is 9.52. The number of hydrogen-bond donors (Lipinski definition) is 1. The van der Waals surface area contributed by atoms with Gasteiger partial charge in [0.2, 0.25) is 0 Å². The fraction of sp³-hybridized carbons (Fsp3) is 0.857. The molecule has 0 aromatic carbocycles. The van der Waals surface area contributed by atoms with Crippen LogP contribution in [0.15, 0.2) is 23.3 Å². The molecule has 2 aliphatic heterocycles. The van der Waals surface area contributed by atoms with E-state index in [9.17, 15) is 0 Å². The van der Waals surface area contributed by atoms with Gasteiger partial charge in [0.05, 0.1) is 11.7 Å². The molecule has 0 unspecified atom stereocenters. The van der Waals surface area contributed by atoms with Gasteiger partial charge in [0.1, 0.15) is 0 Å². The number of rotatable bonds is 0. The normalized spacial score (nSPS) is 53.2. The van der Waals surface area contributed by atoms with E-state index in [4.69, 9.17) is 4.74 Å². The van der Waals surface area contributed by atoms with Gasteiger partial charge in [-0.2, -0.15) is 0 Å². The first kappa shape index (κ1) is 20.0. The van der Waals surface area contributed by atoms with Crippen LogP contribution in [0.2, 0.25) is 0 Å². The van der Waals surface area contributed by atoms with Crippen molar-refractivity contribution in [3.63, 3.8) is 0 Å². The highest BCUT2D eigenvalue weighted by Crippen LogP contribution is 2.65. The van der Waals surface area contributed by atoms with Crippen molar-refractivity contribution >= 4 is 0 Å². The van der Waals surface area contributed by atoms with Gasteiger partial charge >= 0.3 is 0 Å². The second-order valence-corrected chi connectivity index (χ2v) is 12.7. The number of fused-ring (bicyclic) bond motifs is 6. The predicted molar refractivity (Wildman–Crippen MR) is 123 cm³/mol. The molecule has 0 amide bonds. The second-order valence-electron chi connectivity index (χ2n) is 12.7. The molecule has 4 aliphatic carbocycles. The summed E-state index contributed by atoms with van der Waals surface area (Å²) in [4.78, 5) is 0. The molecular weight excluding hydrogens is 366 g/mol. The lowest BCUT2D eigenvalue weighted by Crippen LogP contribution is -2.45. The van der Waals surface area contributed by atoms with Crippen LogP contribution in [0.25, 0.3) is 0 Å². The van der Waals surface area contributed by atoms with Crippen molar-refractivity contribution in [3.8, 4) is 0 Å². The summed E-state index contributed by atoms with van der Waals surface area (Å²) >= 11 is 0. The van der Waals surface area contributed by atoms with Crippen molar-refractivity contribution in [2.45, 2.75) is 109 Å². The van der Waals surface area contributed by atoms with Crippen molar-refractivity contribution < 1.29 is 4.74 Å². The first-order valence-corrected chi connectivity index (χ1v) is 13.1. The molecule has 1 spiro atoms. The van der Waals surface area contributed by atoms with Gasteiger partial charge in [0, 0.05) is 6.04 Å². The molecule has 6 rings (SSSR count). The van der Waals surface area contributed by atoms with Crippen molar-refractivity contribution in [3.05, 3.63) is 23.3 Å². The van der Waals surface area contributed by atoms with E-state index < -0.39 is 0 Å². The number of nitrogens with one attached hydrogen (secondary N) is 1. The van der Waals surface area contributed by atoms with Gasteiger partial charge in [0.25, 0.3) is 0 Å². The molecule has 9 atom stereocenters. The second kappa shape index (κ2) is 6.95. The third-order valence-corrected chi connectivity index (χ3v) is 11.0. The lowest BCUT2D eigenvalue weighted by Gasteiger charge is -2.53. The van der Waals surface area contributed by atoms with Gasteiger partial charge in [-0.15, -0.1) is 0 Å². The fourth-order valence-corrected chi connectivity index (χ4v) is 9.34. The Morgan fingerprint density at radius 2 is 2.00 bits per heavy atom. The third kappa shape index (κ3) is 2.95. The first-order valence-electron chi connectivity index (χ1n) is 13.1. The minimum atomic E-state index is 0.132. The smallest absolute Gasteiger partial charge is 0.0740 e. The Kier molecular flexibility index (Phi) is 4.64. The summed E-state index contributed by atoms with van der Waals surface area (Å²) in [6, 6.07) is 0.606. The van der Waals surface area contributed by atoms with Crippen molar-refractivity contribution in [2.75, 3.05) is 6.54 Å². The van der Waals surface area contributed by atoms with Crippen molar-refractivity contribution in [2.24, 2.45) is 35.0 Å². The average molecular weight is 410 g/mol. The van der Waals surface area contributed by atoms with E-state index in [1.165, 1.54) is 82.7 Å². The fourth-order valence-electron chi connectivity index (χ4n) is 9.34. The number of allylic oxidation sites excluding steroid dienone is 2. The molecule has 0 radical (unpaired) electrons. The van der Waals surface area contributed by atoms with E-state index in [-0.39, 0.29) is 5.60 Å². The van der Waals surface area contributed by atoms with E-state index in [1.807, 2.05) is 5.57 Å². The van der Waals surface area contributed by atoms with Crippen LogP contribution >= 0.6 is 0 Å². The Morgan fingerprint density at radius 3 is 2.87 bits per heavy atom. The summed E-state index contributed by atoms with van der Waals surface area (Å²) in [6.07, 6.45) is 15.2. The van der Waals surface area contributed by atoms with Gasteiger partial charge < -0.3 is 10.1 Å². The Hall–Kier alpha value is -0.600. The highest BCUT2D eigenvalue weighted by atomic mass is 16.5. The molecule has 30 heavy (non-hydrogen) atoms. The van der Waals surface area contributed by atoms with E-state index in [2.05, 4.69) is 32.7 Å². The van der Waals surface area contributed by atoms with Crippen LogP contribution in [-0.2, 0) is 4.74 Å². The van der Waals surface area contributed by atoms with E-state index in [0.717, 1.165) is 29.6 Å². The van der Waals surface area contributed by atoms with Crippen molar-refractivity contribution in [1.82, 2.24) is 5.32 Å². The Bertz CT molecular complexity index is 769. The molecule has 0 bridgehead atoms. The predicted octanol–water partition coefficient (Wildman–Crippen LogP) is 6.42. The SMILES string of the molecule is C=C1CC[C@@]2(C)[C@H](CC[C@H]3[C@@H]4CC[C@]5(CC(C)=C4C[C@@H]32)C[C@@H]2NC[C@@H](C)C[C@H]2O5)C1. The van der Waals surface area contributed by atoms with Crippen LogP contribution in [-0.4, -0.2) is 24.3 Å². The molecule has 0 aromatic heterocycles. The standard InChI is InChI=1S/C28H43NO/c1-17-7-9-27(4)20(11-17)5-6-22-21-8-10-28(14-19(3)23(21)13-24(22)27)15-25-26(30-28)12-18(2)16-29-25/h18,20-22,24-26,29H,1,5-16H2,2-4H3/t18-,20+,21-,22-,24-,25-,26+,27-,28-/m0/s1. The Balaban J connectivity index is 1.26. The van der Waals surface area contributed by atoms with Crippen LogP contribution in [0.5, 0.6) is 0 Å². The Morgan fingerprint density at radius 1 is 1.13 bits per heavy atom. The van der Waals surface area contributed by atoms with Gasteiger partial charge in [-0.25, -0.2) is 0 Å². The maximum atomic E-state index is 6.93. The van der Waals surface area contributed by atoms with E-state index in [0.29, 0.717) is 17.6 Å². The summed E-state index contributed by atoms with van der Waals surface area (Å²) < 4.78 is 6.93. The molecule has 2 nitrogen and oxygen atoms in total. The summed E-state index contributed by atoms with van der Waals surface area (Å²) in [5.41, 5.74) is 5.84. The molecule has 0 aromatic rings. The van der Waals surface area contributed by atoms with Crippen molar-refractivity contribution in [1.29, 1.82) is 0 Å². The highest BCUT2D eigenvalue weighted by Gasteiger charge is 2.57. The average Bonchev–Trinajstić information content (AvgIpc) is 3.22. The van der Waals surface area contributed by atoms with E-state index in [1.54, 1.807) is 5.57 Å². The molecule has 2 heteroatoms. The minimum absolute atomic E-state index is 0.132. The quantitative estimate of drug-likeness (QED) is 0.466. The molecule has 5 fully saturated rings. The van der Waals surface area contributed by atoms with Crippen LogP contribution in [0, 0.1) is 35.0 Å². The largest absolute Gasteiger partial charge is 0.370 e. The number of piperidine rings is 1. The maximum absolute atomic E-state index is 6.93. The zero-order valence-corrected chi connectivity index (χ0v) is 19.6. The zero-order valence-electron chi connectivity index (χ0n) is 19.6. The molecule has 166 valence electrons. The lowest BCUT2D eigenvalue weighted by molar-refractivity contribution is -0.0632. The molecule has 2 saturated heterocycles.